The van der Waals surface area contributed by atoms with E-state index in [0.717, 1.165) is 36.2 Å². The summed E-state index contributed by atoms with van der Waals surface area (Å²) in [7, 11) is 0. The Morgan fingerprint density at radius 1 is 1.61 bits per heavy atom. The van der Waals surface area contributed by atoms with Gasteiger partial charge in [-0.3, -0.25) is 4.79 Å². The molecule has 18 heavy (non-hydrogen) atoms. The van der Waals surface area contributed by atoms with E-state index in [2.05, 4.69) is 31.1 Å². The highest BCUT2D eigenvalue weighted by atomic mass is 79.9. The molecule has 98 valence electrons. The van der Waals surface area contributed by atoms with E-state index in [0.29, 0.717) is 6.42 Å². The Bertz CT molecular complexity index is 407. The van der Waals surface area contributed by atoms with Crippen molar-refractivity contribution in [2.45, 2.75) is 32.2 Å². The molecule has 1 aromatic heterocycles. The quantitative estimate of drug-likeness (QED) is 0.932. The molecule has 5 heteroatoms. The molecule has 0 radical (unpaired) electrons. The molecule has 1 aliphatic heterocycles. The SMILES string of the molecule is CCC(=O)N[C@H]1CCCN(c2ccc(Br)cn2)C1. The third kappa shape index (κ3) is 3.45. The number of anilines is 1. The Morgan fingerprint density at radius 2 is 2.44 bits per heavy atom. The van der Waals surface area contributed by atoms with Crippen LogP contribution in [0.4, 0.5) is 5.82 Å². The second-order valence-electron chi connectivity index (χ2n) is 4.54. The van der Waals surface area contributed by atoms with Gasteiger partial charge in [-0.1, -0.05) is 6.92 Å². The summed E-state index contributed by atoms with van der Waals surface area (Å²) in [5, 5.41) is 3.06. The number of hydrogen-bond acceptors (Lipinski definition) is 3. The van der Waals surface area contributed by atoms with Crippen molar-refractivity contribution < 1.29 is 4.79 Å². The standard InChI is InChI=1S/C13H18BrN3O/c1-2-13(18)16-11-4-3-7-17(9-11)12-6-5-10(14)8-15-12/h5-6,8,11H,2-4,7,9H2,1H3,(H,16,18)/t11-/m0/s1. The number of aromatic nitrogens is 1. The largest absolute Gasteiger partial charge is 0.355 e. The zero-order valence-corrected chi connectivity index (χ0v) is 12.1. The highest BCUT2D eigenvalue weighted by Crippen LogP contribution is 2.19. The molecule has 1 N–H and O–H groups in total. The van der Waals surface area contributed by atoms with Gasteiger partial charge in [0.1, 0.15) is 5.82 Å². The summed E-state index contributed by atoms with van der Waals surface area (Å²) in [5.41, 5.74) is 0. The monoisotopic (exact) mass is 311 g/mol. The lowest BCUT2D eigenvalue weighted by Crippen LogP contribution is -2.47. The molecule has 0 saturated carbocycles. The summed E-state index contributed by atoms with van der Waals surface area (Å²) in [6, 6.07) is 4.25. The van der Waals surface area contributed by atoms with Gasteiger partial charge in [0.05, 0.1) is 0 Å². The maximum absolute atomic E-state index is 11.4. The molecule has 0 aliphatic carbocycles. The number of carbonyl (C=O) groups excluding carboxylic acids is 1. The van der Waals surface area contributed by atoms with Crippen molar-refractivity contribution >= 4 is 27.7 Å². The Morgan fingerprint density at radius 3 is 3.11 bits per heavy atom. The van der Waals surface area contributed by atoms with Crippen molar-refractivity contribution in [3.8, 4) is 0 Å². The van der Waals surface area contributed by atoms with E-state index in [-0.39, 0.29) is 11.9 Å². The van der Waals surface area contributed by atoms with E-state index >= 15 is 0 Å². The number of pyridine rings is 1. The van der Waals surface area contributed by atoms with Gasteiger partial charge < -0.3 is 10.2 Å². The van der Waals surface area contributed by atoms with E-state index < -0.39 is 0 Å². The first-order chi connectivity index (χ1) is 8.69. The van der Waals surface area contributed by atoms with Crippen LogP contribution in [0.15, 0.2) is 22.8 Å². The Hall–Kier alpha value is -1.10. The predicted octanol–water partition coefficient (Wildman–Crippen LogP) is 2.34. The van der Waals surface area contributed by atoms with Crippen LogP contribution in [0.3, 0.4) is 0 Å². The topological polar surface area (TPSA) is 45.2 Å². The molecule has 0 unspecified atom stereocenters. The minimum Gasteiger partial charge on any atom is -0.355 e. The fourth-order valence-electron chi connectivity index (χ4n) is 2.19. The highest BCUT2D eigenvalue weighted by molar-refractivity contribution is 9.10. The number of halogens is 1. The summed E-state index contributed by atoms with van der Waals surface area (Å²) >= 11 is 3.39. The molecule has 0 bridgehead atoms. The van der Waals surface area contributed by atoms with Gasteiger partial charge in [0.25, 0.3) is 0 Å². The van der Waals surface area contributed by atoms with Crippen molar-refractivity contribution in [2.24, 2.45) is 0 Å². The van der Waals surface area contributed by atoms with E-state index in [1.54, 1.807) is 0 Å². The molecule has 1 saturated heterocycles. The van der Waals surface area contributed by atoms with Gasteiger partial charge >= 0.3 is 0 Å². The van der Waals surface area contributed by atoms with Gasteiger partial charge in [-0.25, -0.2) is 4.98 Å². The lowest BCUT2D eigenvalue weighted by Gasteiger charge is -2.33. The molecule has 0 aromatic carbocycles. The zero-order valence-electron chi connectivity index (χ0n) is 10.5. The summed E-state index contributed by atoms with van der Waals surface area (Å²) in [6.45, 7) is 3.74. The Kier molecular flexibility index (Phi) is 4.58. The summed E-state index contributed by atoms with van der Waals surface area (Å²) in [4.78, 5) is 18.1. The smallest absolute Gasteiger partial charge is 0.219 e. The molecule has 0 spiro atoms. The molecule has 1 amide bonds. The molecule has 2 rings (SSSR count). The average molecular weight is 312 g/mol. The molecule has 1 atom stereocenters. The van der Waals surface area contributed by atoms with Crippen LogP contribution < -0.4 is 10.2 Å². The highest BCUT2D eigenvalue weighted by Gasteiger charge is 2.21. The predicted molar refractivity (Wildman–Crippen MR) is 75.6 cm³/mol. The van der Waals surface area contributed by atoms with Crippen LogP contribution >= 0.6 is 15.9 Å². The summed E-state index contributed by atoms with van der Waals surface area (Å²) in [6.07, 6.45) is 4.50. The normalized spacial score (nSPS) is 19.7. The molecular formula is C13H18BrN3O. The van der Waals surface area contributed by atoms with E-state index in [1.807, 2.05) is 25.3 Å². The number of carbonyl (C=O) groups is 1. The molecule has 4 nitrogen and oxygen atoms in total. The van der Waals surface area contributed by atoms with Crippen molar-refractivity contribution in [3.63, 3.8) is 0 Å². The fraction of sp³-hybridized carbons (Fsp3) is 0.538. The van der Waals surface area contributed by atoms with Gasteiger partial charge in [-0.2, -0.15) is 0 Å². The maximum atomic E-state index is 11.4. The summed E-state index contributed by atoms with van der Waals surface area (Å²) in [5.74, 6) is 1.11. The van der Waals surface area contributed by atoms with Crippen molar-refractivity contribution in [1.82, 2.24) is 10.3 Å². The number of hydrogen-bond donors (Lipinski definition) is 1. The van der Waals surface area contributed by atoms with E-state index in [1.165, 1.54) is 0 Å². The number of amides is 1. The third-order valence-electron chi connectivity index (χ3n) is 3.14. The van der Waals surface area contributed by atoms with Crippen molar-refractivity contribution in [1.29, 1.82) is 0 Å². The minimum atomic E-state index is 0.130. The van der Waals surface area contributed by atoms with Crippen LogP contribution in [0.25, 0.3) is 0 Å². The van der Waals surface area contributed by atoms with Crippen LogP contribution in [0, 0.1) is 0 Å². The number of rotatable bonds is 3. The second-order valence-corrected chi connectivity index (χ2v) is 5.46. The van der Waals surface area contributed by atoms with Gasteiger partial charge in [-0.05, 0) is 40.9 Å². The number of nitrogens with zero attached hydrogens (tertiary/aromatic N) is 2. The van der Waals surface area contributed by atoms with Gasteiger partial charge in [-0.15, -0.1) is 0 Å². The van der Waals surface area contributed by atoms with E-state index in [9.17, 15) is 4.79 Å². The van der Waals surface area contributed by atoms with Crippen LogP contribution in [0.5, 0.6) is 0 Å². The molecule has 1 aliphatic rings. The van der Waals surface area contributed by atoms with Crippen LogP contribution in [-0.2, 0) is 4.79 Å². The van der Waals surface area contributed by atoms with Crippen molar-refractivity contribution in [2.75, 3.05) is 18.0 Å². The number of piperidine rings is 1. The van der Waals surface area contributed by atoms with Gasteiger partial charge in [0.15, 0.2) is 0 Å². The second kappa shape index (κ2) is 6.18. The molecule has 1 fully saturated rings. The van der Waals surface area contributed by atoms with Crippen LogP contribution in [0.2, 0.25) is 0 Å². The van der Waals surface area contributed by atoms with Crippen molar-refractivity contribution in [3.05, 3.63) is 22.8 Å². The van der Waals surface area contributed by atoms with Crippen LogP contribution in [0.1, 0.15) is 26.2 Å². The molecular weight excluding hydrogens is 294 g/mol. The minimum absolute atomic E-state index is 0.130. The Balaban J connectivity index is 1.98. The first-order valence-corrected chi connectivity index (χ1v) is 7.14. The Labute approximate surface area is 116 Å². The number of nitrogens with one attached hydrogen (secondary N) is 1. The zero-order chi connectivity index (χ0) is 13.0. The first-order valence-electron chi connectivity index (χ1n) is 6.35. The van der Waals surface area contributed by atoms with Gasteiger partial charge in [0.2, 0.25) is 5.91 Å². The average Bonchev–Trinajstić information content (AvgIpc) is 2.40. The maximum Gasteiger partial charge on any atom is 0.219 e. The van der Waals surface area contributed by atoms with E-state index in [4.69, 9.17) is 0 Å². The summed E-state index contributed by atoms with van der Waals surface area (Å²) < 4.78 is 0.985. The molecule has 1 aromatic rings. The fourth-order valence-corrected chi connectivity index (χ4v) is 2.42. The van der Waals surface area contributed by atoms with Gasteiger partial charge in [0, 0.05) is 36.2 Å². The lowest BCUT2D eigenvalue weighted by molar-refractivity contribution is -0.121. The molecule has 2 heterocycles. The van der Waals surface area contributed by atoms with Crippen LogP contribution in [-0.4, -0.2) is 30.0 Å². The first kappa shape index (κ1) is 13.3. The third-order valence-corrected chi connectivity index (χ3v) is 3.61. The lowest BCUT2D eigenvalue weighted by atomic mass is 10.1.